The van der Waals surface area contributed by atoms with Gasteiger partial charge in [0.05, 0.1) is 11.3 Å². The van der Waals surface area contributed by atoms with Crippen molar-refractivity contribution in [2.45, 2.75) is 70.3 Å². The molecule has 6 heteroatoms. The topological polar surface area (TPSA) is 96.4 Å². The average molecular weight is 494 g/mol. The van der Waals surface area contributed by atoms with Crippen LogP contribution in [0.15, 0.2) is 71.3 Å². The Morgan fingerprint density at radius 2 is 1.62 bits per heavy atom. The number of nitriles is 1. The van der Waals surface area contributed by atoms with E-state index in [1.807, 2.05) is 49.1 Å². The molecule has 0 saturated carbocycles. The molecular formula is C31H31N3O3. The lowest BCUT2D eigenvalue weighted by Crippen LogP contribution is -2.58. The van der Waals surface area contributed by atoms with Crippen molar-refractivity contribution in [1.29, 1.82) is 5.26 Å². The molecule has 37 heavy (non-hydrogen) atoms. The molecule has 6 rings (SSSR count). The molecule has 3 heterocycles. The Morgan fingerprint density at radius 3 is 2.30 bits per heavy atom. The molecule has 2 atom stereocenters. The van der Waals surface area contributed by atoms with E-state index in [1.165, 1.54) is 0 Å². The van der Waals surface area contributed by atoms with E-state index < -0.39 is 11.0 Å². The highest BCUT2D eigenvalue weighted by Gasteiger charge is 2.67. The van der Waals surface area contributed by atoms with Gasteiger partial charge in [0.25, 0.3) is 0 Å². The minimum Gasteiger partial charge on any atom is -0.444 e. The number of anilines is 1. The second kappa shape index (κ2) is 7.13. The standard InChI is InChI=1S/C31H31N3O3/c1-28(2)14-22(35)24-23(15-28)37-26(33)21(16-32)31(24)20-13-9-12-19-25(20)34(27(31)36)29(3,4)17-30(19,5)18-10-7-6-8-11-18/h6-13H,14-15,17,33H2,1-5H3. The number of amides is 1. The molecule has 0 radical (unpaired) electrons. The molecule has 4 aliphatic rings. The van der Waals surface area contributed by atoms with Crippen molar-refractivity contribution in [2.75, 3.05) is 4.90 Å². The number of hydrogen-bond donors (Lipinski definition) is 1. The molecule has 3 aliphatic heterocycles. The summed E-state index contributed by atoms with van der Waals surface area (Å²) in [6.45, 7) is 10.3. The second-order valence-corrected chi connectivity index (χ2v) is 12.5. The van der Waals surface area contributed by atoms with Crippen LogP contribution >= 0.6 is 0 Å². The number of fused-ring (bicyclic) bond motifs is 2. The van der Waals surface area contributed by atoms with E-state index >= 15 is 0 Å². The molecule has 0 saturated heterocycles. The fourth-order valence-corrected chi connectivity index (χ4v) is 7.48. The molecule has 1 amide bonds. The van der Waals surface area contributed by atoms with Crippen LogP contribution in [0, 0.1) is 16.7 Å². The van der Waals surface area contributed by atoms with E-state index in [1.54, 1.807) is 0 Å². The summed E-state index contributed by atoms with van der Waals surface area (Å²) in [5, 5.41) is 10.4. The van der Waals surface area contributed by atoms with Crippen LogP contribution in [-0.4, -0.2) is 17.2 Å². The van der Waals surface area contributed by atoms with Gasteiger partial charge in [-0.05, 0) is 36.8 Å². The maximum absolute atomic E-state index is 14.8. The Labute approximate surface area is 217 Å². The van der Waals surface area contributed by atoms with Gasteiger partial charge in [0.2, 0.25) is 11.8 Å². The lowest BCUT2D eigenvalue weighted by molar-refractivity contribution is -0.126. The van der Waals surface area contributed by atoms with Gasteiger partial charge < -0.3 is 15.4 Å². The number of ether oxygens (including phenoxy) is 1. The van der Waals surface area contributed by atoms with Gasteiger partial charge in [-0.1, -0.05) is 69.3 Å². The van der Waals surface area contributed by atoms with Gasteiger partial charge in [-0.2, -0.15) is 5.26 Å². The molecule has 2 unspecified atom stereocenters. The normalized spacial score (nSPS) is 29.1. The predicted molar refractivity (Wildman–Crippen MR) is 140 cm³/mol. The van der Waals surface area contributed by atoms with Crippen molar-refractivity contribution >= 4 is 17.4 Å². The first-order valence-electron chi connectivity index (χ1n) is 12.8. The van der Waals surface area contributed by atoms with Crippen molar-refractivity contribution in [3.8, 4) is 6.07 Å². The Kier molecular flexibility index (Phi) is 4.54. The van der Waals surface area contributed by atoms with E-state index in [9.17, 15) is 14.9 Å². The smallest absolute Gasteiger partial charge is 0.248 e. The number of nitrogens with two attached hydrogens (primary N) is 1. The molecular weight excluding hydrogens is 462 g/mol. The van der Waals surface area contributed by atoms with Crippen molar-refractivity contribution in [3.05, 3.63) is 88.0 Å². The number of rotatable bonds is 1. The highest BCUT2D eigenvalue weighted by molar-refractivity contribution is 6.21. The van der Waals surface area contributed by atoms with Crippen molar-refractivity contribution in [1.82, 2.24) is 0 Å². The van der Waals surface area contributed by atoms with Crippen LogP contribution in [0.2, 0.25) is 0 Å². The van der Waals surface area contributed by atoms with E-state index in [-0.39, 0.29) is 46.0 Å². The highest BCUT2D eigenvalue weighted by Crippen LogP contribution is 2.63. The first-order valence-corrected chi connectivity index (χ1v) is 12.8. The van der Waals surface area contributed by atoms with Gasteiger partial charge in [0, 0.05) is 29.4 Å². The van der Waals surface area contributed by atoms with Crippen LogP contribution in [0.3, 0.4) is 0 Å². The molecule has 0 bridgehead atoms. The SMILES string of the molecule is CC1(C)CC(=O)C2=C(C1)OC(N)=C(C#N)C21C(=O)N2c3c1cccc3C(C)(c1ccccc1)CC2(C)C. The van der Waals surface area contributed by atoms with E-state index in [0.717, 1.165) is 16.8 Å². The zero-order chi connectivity index (χ0) is 26.5. The summed E-state index contributed by atoms with van der Waals surface area (Å²) in [5.41, 5.74) is 7.32. The molecule has 0 fully saturated rings. The molecule has 6 nitrogen and oxygen atoms in total. The zero-order valence-corrected chi connectivity index (χ0v) is 21.9. The lowest BCUT2D eigenvalue weighted by atomic mass is 9.61. The van der Waals surface area contributed by atoms with E-state index in [0.29, 0.717) is 24.2 Å². The number of carbonyl (C=O) groups excluding carboxylic acids is 2. The van der Waals surface area contributed by atoms with Crippen LogP contribution in [0.5, 0.6) is 0 Å². The number of para-hydroxylation sites is 1. The van der Waals surface area contributed by atoms with Crippen LogP contribution in [0.25, 0.3) is 0 Å². The first kappa shape index (κ1) is 23.5. The molecule has 188 valence electrons. The van der Waals surface area contributed by atoms with Gasteiger partial charge in [0.15, 0.2) is 5.78 Å². The third-order valence-corrected chi connectivity index (χ3v) is 8.76. The molecule has 1 spiro atoms. The van der Waals surface area contributed by atoms with E-state index in [4.69, 9.17) is 10.5 Å². The monoisotopic (exact) mass is 493 g/mol. The number of Topliss-reactive ketones (excluding diaryl/α,β-unsaturated/α-hetero) is 1. The summed E-state index contributed by atoms with van der Waals surface area (Å²) < 4.78 is 5.95. The fourth-order valence-electron chi connectivity index (χ4n) is 7.48. The summed E-state index contributed by atoms with van der Waals surface area (Å²) in [5.74, 6) is -0.146. The average Bonchev–Trinajstić information content (AvgIpc) is 3.07. The molecule has 2 aromatic rings. The van der Waals surface area contributed by atoms with Crippen LogP contribution in [-0.2, 0) is 25.2 Å². The molecule has 2 N–H and O–H groups in total. The number of allylic oxidation sites excluding steroid dienone is 1. The molecule has 1 aliphatic carbocycles. The third-order valence-electron chi connectivity index (χ3n) is 8.76. The Balaban J connectivity index is 1.73. The van der Waals surface area contributed by atoms with Crippen molar-refractivity contribution in [3.63, 3.8) is 0 Å². The largest absolute Gasteiger partial charge is 0.444 e. The Hall–Kier alpha value is -3.85. The van der Waals surface area contributed by atoms with Crippen LogP contribution in [0.4, 0.5) is 5.69 Å². The van der Waals surface area contributed by atoms with Crippen LogP contribution < -0.4 is 10.6 Å². The lowest BCUT2D eigenvalue weighted by Gasteiger charge is -2.50. The second-order valence-electron chi connectivity index (χ2n) is 12.5. The summed E-state index contributed by atoms with van der Waals surface area (Å²) >= 11 is 0. The van der Waals surface area contributed by atoms with Crippen molar-refractivity contribution < 1.29 is 14.3 Å². The first-order chi connectivity index (χ1) is 17.4. The van der Waals surface area contributed by atoms with Crippen LogP contribution in [0.1, 0.15) is 70.6 Å². The summed E-state index contributed by atoms with van der Waals surface area (Å²) in [7, 11) is 0. The zero-order valence-electron chi connectivity index (χ0n) is 21.9. The summed E-state index contributed by atoms with van der Waals surface area (Å²) in [6.07, 6.45) is 1.40. The maximum atomic E-state index is 14.8. The maximum Gasteiger partial charge on any atom is 0.248 e. The highest BCUT2D eigenvalue weighted by atomic mass is 16.5. The van der Waals surface area contributed by atoms with E-state index in [2.05, 4.69) is 45.0 Å². The number of ketones is 1. The predicted octanol–water partition coefficient (Wildman–Crippen LogP) is 5.13. The Morgan fingerprint density at radius 1 is 0.946 bits per heavy atom. The number of carbonyl (C=O) groups is 2. The quantitative estimate of drug-likeness (QED) is 0.594. The minimum atomic E-state index is -1.61. The molecule has 2 aromatic carbocycles. The minimum absolute atomic E-state index is 0.00400. The number of nitrogens with zero attached hydrogens (tertiary/aromatic N) is 2. The van der Waals surface area contributed by atoms with Gasteiger partial charge in [-0.15, -0.1) is 0 Å². The van der Waals surface area contributed by atoms with Gasteiger partial charge in [-0.25, -0.2) is 0 Å². The van der Waals surface area contributed by atoms with Gasteiger partial charge in [0.1, 0.15) is 22.8 Å². The summed E-state index contributed by atoms with van der Waals surface area (Å²) in [4.78, 5) is 30.5. The fraction of sp³-hybridized carbons (Fsp3) is 0.387. The molecule has 0 aromatic heterocycles. The number of hydrogen-bond acceptors (Lipinski definition) is 5. The van der Waals surface area contributed by atoms with Crippen molar-refractivity contribution in [2.24, 2.45) is 11.1 Å². The summed E-state index contributed by atoms with van der Waals surface area (Å²) in [6, 6.07) is 18.4. The number of benzene rings is 2. The van der Waals surface area contributed by atoms with Gasteiger partial charge in [-0.3, -0.25) is 9.59 Å². The third kappa shape index (κ3) is 2.80. The van der Waals surface area contributed by atoms with Gasteiger partial charge >= 0.3 is 0 Å². The Bertz CT molecular complexity index is 1510.